The summed E-state index contributed by atoms with van der Waals surface area (Å²) in [5.41, 5.74) is 6.40. The molecular formula is C29H32N2O. The molecule has 1 aromatic heterocycles. The Hall–Kier alpha value is -3.33. The molecule has 32 heavy (non-hydrogen) atoms. The van der Waals surface area contributed by atoms with Gasteiger partial charge in [0.1, 0.15) is 0 Å². The first-order chi connectivity index (χ1) is 15.6. The molecule has 4 aromatic rings. The van der Waals surface area contributed by atoms with Gasteiger partial charge in [-0.25, -0.2) is 0 Å². The molecular weight excluding hydrogens is 392 g/mol. The number of aromatic nitrogens is 1. The highest BCUT2D eigenvalue weighted by atomic mass is 16.1. The van der Waals surface area contributed by atoms with E-state index in [1.54, 1.807) is 0 Å². The second-order valence-corrected chi connectivity index (χ2v) is 8.72. The van der Waals surface area contributed by atoms with Gasteiger partial charge in [0, 0.05) is 36.1 Å². The number of benzene rings is 3. The lowest BCUT2D eigenvalue weighted by Crippen LogP contribution is -2.33. The van der Waals surface area contributed by atoms with E-state index >= 15 is 0 Å². The first kappa shape index (κ1) is 21.9. The quantitative estimate of drug-likeness (QED) is 0.348. The number of carbonyl (C=O) groups is 1. The Morgan fingerprint density at radius 2 is 1.59 bits per heavy atom. The Balaban J connectivity index is 1.37. The summed E-state index contributed by atoms with van der Waals surface area (Å²) in [6.07, 6.45) is 5.41. The first-order valence-electron chi connectivity index (χ1n) is 11.5. The Morgan fingerprint density at radius 1 is 0.875 bits per heavy atom. The number of rotatable bonds is 9. The molecule has 0 spiro atoms. The molecule has 0 bridgehead atoms. The maximum atomic E-state index is 12.6. The van der Waals surface area contributed by atoms with Crippen molar-refractivity contribution in [3.05, 3.63) is 107 Å². The zero-order valence-electron chi connectivity index (χ0n) is 19.1. The van der Waals surface area contributed by atoms with Crippen LogP contribution >= 0.6 is 0 Å². The second-order valence-electron chi connectivity index (χ2n) is 8.72. The molecule has 0 saturated carbocycles. The van der Waals surface area contributed by atoms with Crippen LogP contribution in [-0.4, -0.2) is 16.5 Å². The zero-order valence-corrected chi connectivity index (χ0v) is 19.1. The van der Waals surface area contributed by atoms with E-state index in [-0.39, 0.29) is 11.9 Å². The molecule has 1 atom stereocenters. The molecule has 0 radical (unpaired) electrons. The lowest BCUT2D eigenvalue weighted by molar-refractivity contribution is -0.121. The second kappa shape index (κ2) is 10.3. The van der Waals surface area contributed by atoms with Gasteiger partial charge in [-0.1, -0.05) is 72.8 Å². The maximum Gasteiger partial charge on any atom is 0.220 e. The normalized spacial score (nSPS) is 12.1. The van der Waals surface area contributed by atoms with Gasteiger partial charge in [-0.15, -0.1) is 0 Å². The summed E-state index contributed by atoms with van der Waals surface area (Å²) >= 11 is 0. The number of aryl methyl sites for hydroxylation is 3. The Bertz CT molecular complexity index is 1180. The van der Waals surface area contributed by atoms with Gasteiger partial charge in [0.2, 0.25) is 5.91 Å². The number of hydrogen-bond donors (Lipinski definition) is 1. The van der Waals surface area contributed by atoms with Crippen molar-refractivity contribution in [3.8, 4) is 0 Å². The number of para-hydroxylation sites is 1. The lowest BCUT2D eigenvalue weighted by Gasteiger charge is -2.14. The summed E-state index contributed by atoms with van der Waals surface area (Å²) in [5, 5.41) is 4.42. The largest absolute Gasteiger partial charge is 0.354 e. The van der Waals surface area contributed by atoms with E-state index in [9.17, 15) is 4.79 Å². The molecule has 3 nitrogen and oxygen atoms in total. The highest BCUT2D eigenvalue weighted by Crippen LogP contribution is 2.24. The minimum Gasteiger partial charge on any atom is -0.354 e. The van der Waals surface area contributed by atoms with E-state index in [0.29, 0.717) is 6.42 Å². The van der Waals surface area contributed by atoms with Crippen molar-refractivity contribution in [2.75, 3.05) is 0 Å². The number of nitrogens with one attached hydrogen (secondary N) is 1. The molecule has 0 aliphatic rings. The SMILES string of the molecule is Cc1ccccc1Cn1cc(CCC(=O)NC(C)CCc2ccccc2)c2ccccc21. The number of amides is 1. The Kier molecular flexibility index (Phi) is 7.06. The average Bonchev–Trinajstić information content (AvgIpc) is 3.16. The summed E-state index contributed by atoms with van der Waals surface area (Å²) in [7, 11) is 0. The minimum atomic E-state index is 0.126. The molecule has 3 aromatic carbocycles. The fraction of sp³-hybridized carbons (Fsp3) is 0.276. The van der Waals surface area contributed by atoms with Crippen LogP contribution in [0.5, 0.6) is 0 Å². The van der Waals surface area contributed by atoms with Gasteiger partial charge in [0.25, 0.3) is 0 Å². The molecule has 1 N–H and O–H groups in total. The third-order valence-corrected chi connectivity index (χ3v) is 6.21. The fourth-order valence-corrected chi connectivity index (χ4v) is 4.32. The predicted octanol–water partition coefficient (Wildman–Crippen LogP) is 6.07. The third-order valence-electron chi connectivity index (χ3n) is 6.21. The zero-order chi connectivity index (χ0) is 22.3. The fourth-order valence-electron chi connectivity index (χ4n) is 4.32. The number of hydrogen-bond acceptors (Lipinski definition) is 1. The summed E-state index contributed by atoms with van der Waals surface area (Å²) in [4.78, 5) is 12.6. The van der Waals surface area contributed by atoms with E-state index in [1.807, 2.05) is 6.07 Å². The van der Waals surface area contributed by atoms with Gasteiger partial charge in [-0.2, -0.15) is 0 Å². The molecule has 0 aliphatic heterocycles. The number of fused-ring (bicyclic) bond motifs is 1. The van der Waals surface area contributed by atoms with Gasteiger partial charge in [-0.3, -0.25) is 4.79 Å². The van der Waals surface area contributed by atoms with Crippen LogP contribution in [0.3, 0.4) is 0 Å². The van der Waals surface area contributed by atoms with Gasteiger partial charge in [0.05, 0.1) is 0 Å². The van der Waals surface area contributed by atoms with Crippen LogP contribution in [0, 0.1) is 6.92 Å². The van der Waals surface area contributed by atoms with Crippen LogP contribution in [0.25, 0.3) is 10.9 Å². The van der Waals surface area contributed by atoms with Crippen molar-refractivity contribution in [2.24, 2.45) is 0 Å². The minimum absolute atomic E-state index is 0.126. The van der Waals surface area contributed by atoms with Crippen molar-refractivity contribution >= 4 is 16.8 Å². The van der Waals surface area contributed by atoms with Crippen LogP contribution in [0.15, 0.2) is 85.1 Å². The topological polar surface area (TPSA) is 34.0 Å². The first-order valence-corrected chi connectivity index (χ1v) is 11.5. The van der Waals surface area contributed by atoms with E-state index in [4.69, 9.17) is 0 Å². The molecule has 0 saturated heterocycles. The monoisotopic (exact) mass is 424 g/mol. The van der Waals surface area contributed by atoms with Crippen LogP contribution in [0.2, 0.25) is 0 Å². The molecule has 4 rings (SSSR count). The van der Waals surface area contributed by atoms with Crippen molar-refractivity contribution in [3.63, 3.8) is 0 Å². The standard InChI is InChI=1S/C29H32N2O/c1-22-10-6-7-13-25(22)20-31-21-26(27-14-8-9-15-28(27)31)18-19-29(32)30-23(2)16-17-24-11-4-3-5-12-24/h3-15,21,23H,16-20H2,1-2H3,(H,30,32). The molecule has 3 heteroatoms. The van der Waals surface area contributed by atoms with E-state index in [0.717, 1.165) is 25.8 Å². The van der Waals surface area contributed by atoms with E-state index in [1.165, 1.54) is 33.2 Å². The number of nitrogens with zero attached hydrogens (tertiary/aromatic N) is 1. The van der Waals surface area contributed by atoms with Crippen LogP contribution in [-0.2, 0) is 24.2 Å². The van der Waals surface area contributed by atoms with Gasteiger partial charge in [0.15, 0.2) is 0 Å². The smallest absolute Gasteiger partial charge is 0.220 e. The van der Waals surface area contributed by atoms with Gasteiger partial charge < -0.3 is 9.88 Å². The van der Waals surface area contributed by atoms with Crippen LogP contribution < -0.4 is 5.32 Å². The highest BCUT2D eigenvalue weighted by Gasteiger charge is 2.12. The summed E-state index contributed by atoms with van der Waals surface area (Å²) < 4.78 is 2.31. The summed E-state index contributed by atoms with van der Waals surface area (Å²) in [5.74, 6) is 0.126. The molecule has 1 heterocycles. The number of carbonyl (C=O) groups excluding carboxylic acids is 1. The van der Waals surface area contributed by atoms with Crippen LogP contribution in [0.1, 0.15) is 42.0 Å². The van der Waals surface area contributed by atoms with Gasteiger partial charge in [-0.05, 0) is 61.4 Å². The van der Waals surface area contributed by atoms with E-state index in [2.05, 4.69) is 103 Å². The van der Waals surface area contributed by atoms with Crippen molar-refractivity contribution in [1.29, 1.82) is 0 Å². The van der Waals surface area contributed by atoms with Crippen molar-refractivity contribution < 1.29 is 4.79 Å². The third kappa shape index (κ3) is 5.47. The molecule has 0 fully saturated rings. The summed E-state index contributed by atoms with van der Waals surface area (Å²) in [6, 6.07) is 27.6. The molecule has 1 amide bonds. The maximum absolute atomic E-state index is 12.6. The molecule has 0 aliphatic carbocycles. The lowest BCUT2D eigenvalue weighted by atomic mass is 10.1. The molecule has 164 valence electrons. The Labute approximate surface area is 191 Å². The molecule has 1 unspecified atom stereocenters. The Morgan fingerprint density at radius 3 is 2.41 bits per heavy atom. The highest BCUT2D eigenvalue weighted by molar-refractivity contribution is 5.85. The van der Waals surface area contributed by atoms with Crippen LogP contribution in [0.4, 0.5) is 0 Å². The summed E-state index contributed by atoms with van der Waals surface area (Å²) in [6.45, 7) is 5.09. The average molecular weight is 425 g/mol. The van der Waals surface area contributed by atoms with Gasteiger partial charge >= 0.3 is 0 Å². The predicted molar refractivity (Wildman–Crippen MR) is 133 cm³/mol. The van der Waals surface area contributed by atoms with E-state index < -0.39 is 0 Å². The van der Waals surface area contributed by atoms with Crippen molar-refractivity contribution in [1.82, 2.24) is 9.88 Å². The van der Waals surface area contributed by atoms with Crippen molar-refractivity contribution in [2.45, 2.75) is 52.1 Å².